The molecule has 4 heteroatoms. The zero-order valence-electron chi connectivity index (χ0n) is 14.9. The second-order valence-electron chi connectivity index (χ2n) is 6.38. The van der Waals surface area contributed by atoms with Crippen LogP contribution >= 0.6 is 0 Å². The van der Waals surface area contributed by atoms with Gasteiger partial charge in [-0.2, -0.15) is 5.10 Å². The Kier molecular flexibility index (Phi) is 7.70. The Labute approximate surface area is 149 Å². The van der Waals surface area contributed by atoms with Crippen molar-refractivity contribution in [2.24, 2.45) is 11.0 Å². The lowest BCUT2D eigenvalue weighted by molar-refractivity contribution is -0.121. The van der Waals surface area contributed by atoms with E-state index in [0.29, 0.717) is 18.8 Å². The fraction of sp³-hybridized carbons (Fsp3) is 0.333. The van der Waals surface area contributed by atoms with Crippen molar-refractivity contribution in [2.75, 3.05) is 6.61 Å². The van der Waals surface area contributed by atoms with E-state index in [1.807, 2.05) is 54.6 Å². The smallest absolute Gasteiger partial charge is 0.240 e. The van der Waals surface area contributed by atoms with Gasteiger partial charge in [0.05, 0.1) is 12.8 Å². The van der Waals surface area contributed by atoms with Crippen LogP contribution in [0.3, 0.4) is 0 Å². The van der Waals surface area contributed by atoms with Crippen molar-refractivity contribution < 1.29 is 9.53 Å². The van der Waals surface area contributed by atoms with E-state index < -0.39 is 0 Å². The molecule has 1 N–H and O–H groups in total. The molecule has 0 aliphatic rings. The third-order valence-electron chi connectivity index (χ3n) is 3.73. The fourth-order valence-electron chi connectivity index (χ4n) is 2.20. The molecule has 0 saturated heterocycles. The number of carbonyl (C=O) groups excluding carboxylic acids is 1. The number of carbonyl (C=O) groups is 1. The topological polar surface area (TPSA) is 50.7 Å². The minimum atomic E-state index is -0.0891. The van der Waals surface area contributed by atoms with E-state index in [1.165, 1.54) is 0 Å². The molecule has 0 aromatic heterocycles. The summed E-state index contributed by atoms with van der Waals surface area (Å²) in [4.78, 5) is 11.8. The van der Waals surface area contributed by atoms with E-state index in [2.05, 4.69) is 24.4 Å². The van der Waals surface area contributed by atoms with Crippen molar-refractivity contribution in [2.45, 2.75) is 33.1 Å². The van der Waals surface area contributed by atoms with Crippen LogP contribution in [0.5, 0.6) is 5.75 Å². The Hall–Kier alpha value is -2.62. The maximum Gasteiger partial charge on any atom is 0.240 e. The summed E-state index contributed by atoms with van der Waals surface area (Å²) in [5, 5.41) is 4.00. The van der Waals surface area contributed by atoms with Gasteiger partial charge in [0.25, 0.3) is 0 Å². The maximum absolute atomic E-state index is 11.8. The van der Waals surface area contributed by atoms with Crippen LogP contribution in [0.2, 0.25) is 0 Å². The molecule has 0 atom stereocenters. The number of benzene rings is 2. The van der Waals surface area contributed by atoms with Crippen molar-refractivity contribution in [3.8, 4) is 5.75 Å². The first-order chi connectivity index (χ1) is 12.1. The predicted octanol–water partition coefficient (Wildman–Crippen LogP) is 4.19. The van der Waals surface area contributed by atoms with E-state index in [1.54, 1.807) is 6.21 Å². The Bertz CT molecular complexity index is 664. The predicted molar refractivity (Wildman–Crippen MR) is 102 cm³/mol. The zero-order valence-corrected chi connectivity index (χ0v) is 14.9. The zero-order chi connectivity index (χ0) is 17.9. The molecule has 0 fully saturated rings. The summed E-state index contributed by atoms with van der Waals surface area (Å²) in [7, 11) is 0. The van der Waals surface area contributed by atoms with Crippen LogP contribution in [0.4, 0.5) is 0 Å². The Morgan fingerprint density at radius 2 is 1.84 bits per heavy atom. The number of hydrogen-bond acceptors (Lipinski definition) is 3. The molecular formula is C21H26N2O2. The highest BCUT2D eigenvalue weighted by Gasteiger charge is 2.00. The first-order valence-corrected chi connectivity index (χ1v) is 8.72. The maximum atomic E-state index is 11.8. The van der Waals surface area contributed by atoms with E-state index in [4.69, 9.17) is 4.74 Å². The van der Waals surface area contributed by atoms with Gasteiger partial charge in [-0.05, 0) is 54.2 Å². The molecule has 25 heavy (non-hydrogen) atoms. The average Bonchev–Trinajstić information content (AvgIpc) is 2.62. The summed E-state index contributed by atoms with van der Waals surface area (Å²) in [6.45, 7) is 5.08. The number of ether oxygens (including phenoxy) is 1. The van der Waals surface area contributed by atoms with Crippen molar-refractivity contribution in [3.05, 3.63) is 65.7 Å². The van der Waals surface area contributed by atoms with Crippen LogP contribution < -0.4 is 10.2 Å². The lowest BCUT2D eigenvalue weighted by Crippen LogP contribution is -2.17. The largest absolute Gasteiger partial charge is 0.494 e. The molecule has 0 bridgehead atoms. The summed E-state index contributed by atoms with van der Waals surface area (Å²) in [6.07, 6.45) is 3.81. The molecule has 132 valence electrons. The van der Waals surface area contributed by atoms with Gasteiger partial charge in [0.15, 0.2) is 0 Å². The van der Waals surface area contributed by atoms with Gasteiger partial charge in [-0.25, -0.2) is 5.43 Å². The van der Waals surface area contributed by atoms with Crippen LogP contribution in [0, 0.1) is 5.92 Å². The SMILES string of the molecule is CC(C)CCOc1ccc(/C=N\NC(=O)CCc2ccccc2)cc1. The molecule has 0 aliphatic carbocycles. The number of hydrazone groups is 1. The molecule has 0 heterocycles. The highest BCUT2D eigenvalue weighted by atomic mass is 16.5. The standard InChI is InChI=1S/C21H26N2O2/c1-17(2)14-15-25-20-11-8-19(9-12-20)16-22-23-21(24)13-10-18-6-4-3-5-7-18/h3-9,11-12,16-17H,10,13-15H2,1-2H3,(H,23,24)/b22-16-. The highest BCUT2D eigenvalue weighted by molar-refractivity contribution is 5.82. The Morgan fingerprint density at radius 1 is 1.12 bits per heavy atom. The molecule has 2 aromatic carbocycles. The van der Waals surface area contributed by atoms with Crippen molar-refractivity contribution >= 4 is 12.1 Å². The molecule has 1 amide bonds. The van der Waals surface area contributed by atoms with E-state index in [9.17, 15) is 4.79 Å². The Balaban J connectivity index is 1.71. The molecule has 0 spiro atoms. The van der Waals surface area contributed by atoms with Gasteiger partial charge < -0.3 is 4.74 Å². The van der Waals surface area contributed by atoms with Gasteiger partial charge in [-0.3, -0.25) is 4.79 Å². The summed E-state index contributed by atoms with van der Waals surface area (Å²) in [6, 6.07) is 17.6. The minimum absolute atomic E-state index is 0.0891. The second-order valence-corrected chi connectivity index (χ2v) is 6.38. The quantitative estimate of drug-likeness (QED) is 0.550. The van der Waals surface area contributed by atoms with Crippen LogP contribution in [0.25, 0.3) is 0 Å². The molecule has 0 unspecified atom stereocenters. The van der Waals surface area contributed by atoms with Crippen molar-refractivity contribution in [1.29, 1.82) is 0 Å². The minimum Gasteiger partial charge on any atom is -0.494 e. The first kappa shape index (κ1) is 18.7. The summed E-state index contributed by atoms with van der Waals surface area (Å²) in [5.41, 5.74) is 4.63. The molecule has 0 radical (unpaired) electrons. The second kappa shape index (κ2) is 10.3. The van der Waals surface area contributed by atoms with Gasteiger partial charge in [0, 0.05) is 6.42 Å². The van der Waals surface area contributed by atoms with Gasteiger partial charge in [0.2, 0.25) is 5.91 Å². The van der Waals surface area contributed by atoms with Crippen LogP contribution in [0.15, 0.2) is 59.7 Å². The monoisotopic (exact) mass is 338 g/mol. The normalized spacial score (nSPS) is 11.0. The van der Waals surface area contributed by atoms with Crippen LogP contribution in [-0.2, 0) is 11.2 Å². The average molecular weight is 338 g/mol. The lowest BCUT2D eigenvalue weighted by Gasteiger charge is -2.07. The van der Waals surface area contributed by atoms with E-state index >= 15 is 0 Å². The highest BCUT2D eigenvalue weighted by Crippen LogP contribution is 2.12. The molecular weight excluding hydrogens is 312 g/mol. The van der Waals surface area contributed by atoms with Gasteiger partial charge in [-0.15, -0.1) is 0 Å². The van der Waals surface area contributed by atoms with E-state index in [0.717, 1.165) is 29.9 Å². The fourth-order valence-corrected chi connectivity index (χ4v) is 2.20. The van der Waals surface area contributed by atoms with E-state index in [-0.39, 0.29) is 5.91 Å². The third kappa shape index (κ3) is 7.66. The van der Waals surface area contributed by atoms with Gasteiger partial charge in [0.1, 0.15) is 5.75 Å². The van der Waals surface area contributed by atoms with Crippen molar-refractivity contribution in [3.63, 3.8) is 0 Å². The number of rotatable bonds is 9. The third-order valence-corrected chi connectivity index (χ3v) is 3.73. The Morgan fingerprint density at radius 3 is 2.52 bits per heavy atom. The van der Waals surface area contributed by atoms with Crippen LogP contribution in [-0.4, -0.2) is 18.7 Å². The summed E-state index contributed by atoms with van der Waals surface area (Å²) >= 11 is 0. The van der Waals surface area contributed by atoms with Crippen molar-refractivity contribution in [1.82, 2.24) is 5.43 Å². The van der Waals surface area contributed by atoms with Gasteiger partial charge in [-0.1, -0.05) is 44.2 Å². The molecule has 4 nitrogen and oxygen atoms in total. The first-order valence-electron chi connectivity index (χ1n) is 8.72. The number of hydrogen-bond donors (Lipinski definition) is 1. The molecule has 2 aromatic rings. The number of aryl methyl sites for hydroxylation is 1. The molecule has 0 aliphatic heterocycles. The number of nitrogens with zero attached hydrogens (tertiary/aromatic N) is 1. The van der Waals surface area contributed by atoms with Gasteiger partial charge >= 0.3 is 0 Å². The number of nitrogens with one attached hydrogen (secondary N) is 1. The molecule has 0 saturated carbocycles. The summed E-state index contributed by atoms with van der Waals surface area (Å²) < 4.78 is 5.67. The lowest BCUT2D eigenvalue weighted by atomic mass is 10.1. The van der Waals surface area contributed by atoms with Crippen LogP contribution in [0.1, 0.15) is 37.8 Å². The summed E-state index contributed by atoms with van der Waals surface area (Å²) in [5.74, 6) is 1.40. The number of amides is 1. The molecule has 2 rings (SSSR count).